The molecule has 0 unspecified atom stereocenters. The van der Waals surface area contributed by atoms with Crippen molar-refractivity contribution in [2.45, 2.75) is 6.61 Å². The maximum atomic E-state index is 5.87. The lowest BCUT2D eigenvalue weighted by atomic mass is 10.2. The van der Waals surface area contributed by atoms with E-state index in [0.717, 1.165) is 16.9 Å². The molecule has 0 radical (unpaired) electrons. The predicted molar refractivity (Wildman–Crippen MR) is 93.1 cm³/mol. The molecule has 0 aliphatic heterocycles. The molecule has 22 heavy (non-hydrogen) atoms. The zero-order chi connectivity index (χ0) is 15.8. The molecule has 0 saturated heterocycles. The van der Waals surface area contributed by atoms with Crippen LogP contribution in [0.1, 0.15) is 11.1 Å². The molecular formula is C16H17ClN3OS+. The highest BCUT2D eigenvalue weighted by Gasteiger charge is 2.04. The first kappa shape index (κ1) is 16.3. The number of ether oxygens (including phenoxy) is 1. The van der Waals surface area contributed by atoms with Crippen molar-refractivity contribution in [2.24, 2.45) is 0 Å². The molecule has 0 atom stereocenters. The maximum Gasteiger partial charge on any atom is 0.223 e. The van der Waals surface area contributed by atoms with E-state index in [2.05, 4.69) is 15.8 Å². The van der Waals surface area contributed by atoms with Gasteiger partial charge < -0.3 is 10.1 Å². The highest BCUT2D eigenvalue weighted by molar-refractivity contribution is 7.80. The highest BCUT2D eigenvalue weighted by atomic mass is 35.5. The van der Waals surface area contributed by atoms with Gasteiger partial charge in [0.1, 0.15) is 12.4 Å². The van der Waals surface area contributed by atoms with Crippen LogP contribution in [0.2, 0.25) is 5.02 Å². The van der Waals surface area contributed by atoms with Crippen LogP contribution in [0.4, 0.5) is 0 Å². The standard InChI is InChI=1S/C16H16ClN3OS/c1-18-16(22)20-19-10-13-4-2-3-5-15(13)21-11-12-6-8-14(17)9-7-12/h2-10H,11H2,1H3,(H2,18,20,22)/p+1. The fourth-order valence-electron chi connectivity index (χ4n) is 1.71. The molecule has 6 heteroatoms. The third-order valence-electron chi connectivity index (χ3n) is 2.87. The molecular weight excluding hydrogens is 318 g/mol. The number of benzene rings is 2. The van der Waals surface area contributed by atoms with Gasteiger partial charge in [0.15, 0.2) is 0 Å². The predicted octanol–water partition coefficient (Wildman–Crippen LogP) is 1.43. The average Bonchev–Trinajstić information content (AvgIpc) is 2.55. The van der Waals surface area contributed by atoms with Crippen molar-refractivity contribution < 1.29 is 9.84 Å². The van der Waals surface area contributed by atoms with Gasteiger partial charge in [-0.3, -0.25) is 0 Å². The third-order valence-corrected chi connectivity index (χ3v) is 3.43. The van der Waals surface area contributed by atoms with Crippen LogP contribution >= 0.6 is 23.8 Å². The van der Waals surface area contributed by atoms with E-state index in [1.807, 2.05) is 48.5 Å². The molecule has 0 bridgehead atoms. The summed E-state index contributed by atoms with van der Waals surface area (Å²) in [5, 5.41) is 6.96. The van der Waals surface area contributed by atoms with Crippen LogP contribution in [0.3, 0.4) is 0 Å². The maximum absolute atomic E-state index is 5.87. The van der Waals surface area contributed by atoms with Crippen molar-refractivity contribution in [3.63, 3.8) is 0 Å². The van der Waals surface area contributed by atoms with Crippen molar-refractivity contribution in [3.8, 4) is 5.75 Å². The topological polar surface area (TPSA) is 47.3 Å². The van der Waals surface area contributed by atoms with Crippen molar-refractivity contribution in [1.29, 1.82) is 0 Å². The largest absolute Gasteiger partial charge is 0.488 e. The highest BCUT2D eigenvalue weighted by Crippen LogP contribution is 2.17. The SMILES string of the molecule is CNC(=S)N[NH+]=Cc1ccccc1OCc1ccc(Cl)cc1. The summed E-state index contributed by atoms with van der Waals surface area (Å²) in [5.74, 6) is 0.780. The van der Waals surface area contributed by atoms with Crippen LogP contribution in [0.5, 0.6) is 5.75 Å². The van der Waals surface area contributed by atoms with E-state index in [9.17, 15) is 0 Å². The van der Waals surface area contributed by atoms with Crippen molar-refractivity contribution >= 4 is 35.1 Å². The van der Waals surface area contributed by atoms with Gasteiger partial charge in [0.25, 0.3) is 0 Å². The Kier molecular flexibility index (Phi) is 6.18. The zero-order valence-electron chi connectivity index (χ0n) is 12.1. The normalized spacial score (nSPS) is 10.5. The molecule has 2 aromatic rings. The van der Waals surface area contributed by atoms with E-state index in [1.54, 1.807) is 13.3 Å². The Labute approximate surface area is 140 Å². The molecule has 0 heterocycles. The van der Waals surface area contributed by atoms with Gasteiger partial charge in [0, 0.05) is 12.1 Å². The fourth-order valence-corrected chi connectivity index (χ4v) is 1.90. The summed E-state index contributed by atoms with van der Waals surface area (Å²) in [6.45, 7) is 0.477. The molecule has 0 aliphatic rings. The molecule has 0 spiro atoms. The van der Waals surface area contributed by atoms with Crippen molar-refractivity contribution in [3.05, 3.63) is 64.7 Å². The van der Waals surface area contributed by atoms with Gasteiger partial charge in [-0.25, -0.2) is 0 Å². The van der Waals surface area contributed by atoms with Gasteiger partial charge >= 0.3 is 0 Å². The second-order valence-corrected chi connectivity index (χ2v) is 5.29. The Morgan fingerprint density at radius 2 is 1.95 bits per heavy atom. The first-order chi connectivity index (χ1) is 10.7. The van der Waals surface area contributed by atoms with Crippen molar-refractivity contribution in [2.75, 3.05) is 7.05 Å². The van der Waals surface area contributed by atoms with Gasteiger partial charge in [-0.15, -0.1) is 10.5 Å². The lowest BCUT2D eigenvalue weighted by molar-refractivity contribution is -0.500. The summed E-state index contributed by atoms with van der Waals surface area (Å²) in [4.78, 5) is 0. The molecule has 114 valence electrons. The Balaban J connectivity index is 2.01. The Bertz CT molecular complexity index is 659. The molecule has 0 amide bonds. The second-order valence-electron chi connectivity index (χ2n) is 4.45. The number of thiocarbonyl (C=S) groups is 1. The van der Waals surface area contributed by atoms with E-state index in [0.29, 0.717) is 16.7 Å². The summed E-state index contributed by atoms with van der Waals surface area (Å²) in [5.41, 5.74) is 4.81. The average molecular weight is 335 g/mol. The number of hydrogen-bond acceptors (Lipinski definition) is 2. The van der Waals surface area contributed by atoms with Crippen LogP contribution in [-0.4, -0.2) is 18.4 Å². The first-order valence-electron chi connectivity index (χ1n) is 6.72. The fraction of sp³-hybridized carbons (Fsp3) is 0.125. The smallest absolute Gasteiger partial charge is 0.223 e. The van der Waals surface area contributed by atoms with E-state index in [1.165, 1.54) is 0 Å². The molecule has 2 aromatic carbocycles. The van der Waals surface area contributed by atoms with Gasteiger partial charge in [-0.2, -0.15) is 0 Å². The van der Waals surface area contributed by atoms with E-state index < -0.39 is 0 Å². The summed E-state index contributed by atoms with van der Waals surface area (Å²) in [7, 11) is 1.75. The van der Waals surface area contributed by atoms with Gasteiger partial charge in [0.2, 0.25) is 11.3 Å². The number of halogens is 1. The van der Waals surface area contributed by atoms with E-state index in [-0.39, 0.29) is 0 Å². The Hall–Kier alpha value is -2.11. The number of hydrogen-bond donors (Lipinski definition) is 3. The number of nitrogens with one attached hydrogen (secondary N) is 3. The van der Waals surface area contributed by atoms with Crippen LogP contribution in [-0.2, 0) is 6.61 Å². The van der Waals surface area contributed by atoms with Crippen molar-refractivity contribution in [1.82, 2.24) is 10.7 Å². The minimum atomic E-state index is 0.477. The summed E-state index contributed by atoms with van der Waals surface area (Å²) in [6, 6.07) is 15.3. The first-order valence-corrected chi connectivity index (χ1v) is 7.50. The molecule has 4 nitrogen and oxygen atoms in total. The molecule has 0 aromatic heterocycles. The van der Waals surface area contributed by atoms with Crippen LogP contribution in [0.15, 0.2) is 48.5 Å². The minimum absolute atomic E-state index is 0.477. The summed E-state index contributed by atoms with van der Waals surface area (Å²) >= 11 is 10.9. The quantitative estimate of drug-likeness (QED) is 0.440. The molecule has 2 rings (SSSR count). The lowest BCUT2D eigenvalue weighted by Gasteiger charge is -2.08. The summed E-state index contributed by atoms with van der Waals surface area (Å²) < 4.78 is 5.86. The van der Waals surface area contributed by atoms with Crippen LogP contribution in [0, 0.1) is 0 Å². The second kappa shape index (κ2) is 8.36. The monoisotopic (exact) mass is 334 g/mol. The molecule has 0 fully saturated rings. The number of rotatable bonds is 5. The number of hydrazine groups is 1. The van der Waals surface area contributed by atoms with Crippen LogP contribution < -0.4 is 20.6 Å². The van der Waals surface area contributed by atoms with E-state index in [4.69, 9.17) is 28.6 Å². The molecule has 0 aliphatic carbocycles. The molecule has 3 N–H and O–H groups in total. The minimum Gasteiger partial charge on any atom is -0.488 e. The van der Waals surface area contributed by atoms with Crippen LogP contribution in [0.25, 0.3) is 0 Å². The molecule has 0 saturated carbocycles. The zero-order valence-corrected chi connectivity index (χ0v) is 13.7. The van der Waals surface area contributed by atoms with Gasteiger partial charge in [0.05, 0.1) is 5.56 Å². The van der Waals surface area contributed by atoms with Gasteiger partial charge in [-0.05, 0) is 42.0 Å². The Morgan fingerprint density at radius 1 is 1.23 bits per heavy atom. The number of hydrazone groups is 1. The Morgan fingerprint density at radius 3 is 2.68 bits per heavy atom. The third kappa shape index (κ3) is 5.02. The lowest BCUT2D eigenvalue weighted by Crippen LogP contribution is -2.82. The van der Waals surface area contributed by atoms with Gasteiger partial charge in [-0.1, -0.05) is 35.9 Å². The van der Waals surface area contributed by atoms with E-state index >= 15 is 0 Å². The number of para-hydroxylation sites is 1. The summed E-state index contributed by atoms with van der Waals surface area (Å²) in [6.07, 6.45) is 1.79.